The molecule has 0 saturated heterocycles. The van der Waals surface area contributed by atoms with Gasteiger partial charge in [-0.15, -0.1) is 10.1 Å². The molecule has 2 rings (SSSR count). The third kappa shape index (κ3) is 5.21. The lowest BCUT2D eigenvalue weighted by Crippen LogP contribution is -2.45. The molecule has 28 heavy (non-hydrogen) atoms. The van der Waals surface area contributed by atoms with Gasteiger partial charge in [0.1, 0.15) is 4.90 Å². The highest BCUT2D eigenvalue weighted by Crippen LogP contribution is 2.39. The number of nitrogens with zero attached hydrogens (tertiary/aromatic N) is 1. The molecule has 1 atom stereocenters. The van der Waals surface area contributed by atoms with Gasteiger partial charge in [-0.2, -0.15) is 17.9 Å². The van der Waals surface area contributed by atoms with E-state index in [9.17, 15) is 40.1 Å². The van der Waals surface area contributed by atoms with Gasteiger partial charge in [0, 0.05) is 0 Å². The zero-order valence-electron chi connectivity index (χ0n) is 13.9. The van der Waals surface area contributed by atoms with Gasteiger partial charge in [-0.3, -0.25) is 0 Å². The van der Waals surface area contributed by atoms with E-state index in [4.69, 9.17) is 5.14 Å². The molecule has 1 aromatic rings. The molecular formula is C12H15F3N4O7S2. The average molecular weight is 448 g/mol. The molecule has 158 valence electrons. The van der Waals surface area contributed by atoms with Crippen molar-refractivity contribution in [3.05, 3.63) is 27.8 Å². The van der Waals surface area contributed by atoms with Gasteiger partial charge < -0.3 is 10.2 Å². The lowest BCUT2D eigenvalue weighted by Gasteiger charge is -2.29. The number of nitrogens with one attached hydrogen (secondary N) is 2. The molecule has 1 aliphatic heterocycles. The fourth-order valence-electron chi connectivity index (χ4n) is 2.54. The molecule has 4 N–H and O–H groups in total. The first kappa shape index (κ1) is 22.1. The Kier molecular flexibility index (Phi) is 6.07. The largest absolute Gasteiger partial charge is 0.417 e. The average Bonchev–Trinajstić information content (AvgIpc) is 2.50. The highest BCUT2D eigenvalue weighted by Gasteiger charge is 2.40. The van der Waals surface area contributed by atoms with Gasteiger partial charge in [-0.1, -0.05) is 0 Å². The van der Waals surface area contributed by atoms with Crippen LogP contribution in [0.1, 0.15) is 24.8 Å². The van der Waals surface area contributed by atoms with E-state index in [1.807, 2.05) is 0 Å². The van der Waals surface area contributed by atoms with Crippen molar-refractivity contribution in [3.63, 3.8) is 0 Å². The van der Waals surface area contributed by atoms with Gasteiger partial charge in [-0.05, 0) is 31.4 Å². The smallest absolute Gasteiger partial charge is 0.368 e. The van der Waals surface area contributed by atoms with Crippen LogP contribution in [0.4, 0.5) is 18.9 Å². The zero-order chi connectivity index (χ0) is 21.3. The van der Waals surface area contributed by atoms with Gasteiger partial charge in [-0.25, -0.2) is 22.0 Å². The predicted molar refractivity (Wildman–Crippen MR) is 87.3 cm³/mol. The second-order valence-electron chi connectivity index (χ2n) is 5.76. The first-order chi connectivity index (χ1) is 12.7. The number of hydrogen-bond acceptors (Lipinski definition) is 8. The first-order valence-corrected chi connectivity index (χ1v) is 10.6. The molecule has 0 spiro atoms. The maximum atomic E-state index is 13.2. The van der Waals surface area contributed by atoms with Crippen LogP contribution in [0.3, 0.4) is 0 Å². The Morgan fingerprint density at radius 2 is 1.93 bits per heavy atom. The number of benzene rings is 1. The van der Waals surface area contributed by atoms with E-state index in [1.165, 1.54) is 0 Å². The molecule has 16 heteroatoms. The summed E-state index contributed by atoms with van der Waals surface area (Å²) < 4.78 is 89.4. The quantitative estimate of drug-likeness (QED) is 0.312. The topological polar surface area (TPSA) is 171 Å². The second kappa shape index (κ2) is 7.69. The highest BCUT2D eigenvalue weighted by atomic mass is 32.2. The summed E-state index contributed by atoms with van der Waals surface area (Å²) in [6, 6.07) is 0.723. The summed E-state index contributed by atoms with van der Waals surface area (Å²) in [4.78, 5) is 12.1. The maximum absolute atomic E-state index is 13.2. The van der Waals surface area contributed by atoms with Crippen molar-refractivity contribution in [1.82, 2.24) is 4.72 Å². The minimum atomic E-state index is -5.09. The number of alkyl halides is 3. The molecule has 1 unspecified atom stereocenters. The van der Waals surface area contributed by atoms with E-state index >= 15 is 0 Å². The van der Waals surface area contributed by atoms with Crippen molar-refractivity contribution < 1.29 is 39.9 Å². The van der Waals surface area contributed by atoms with E-state index in [2.05, 4.69) is 14.9 Å². The minimum absolute atomic E-state index is 0.0814. The van der Waals surface area contributed by atoms with Crippen LogP contribution in [0.2, 0.25) is 0 Å². The zero-order valence-corrected chi connectivity index (χ0v) is 15.5. The van der Waals surface area contributed by atoms with E-state index in [0.717, 1.165) is 0 Å². The second-order valence-corrected chi connectivity index (χ2v) is 8.97. The van der Waals surface area contributed by atoms with Crippen molar-refractivity contribution in [2.24, 2.45) is 5.14 Å². The monoisotopic (exact) mass is 448 g/mol. The summed E-state index contributed by atoms with van der Waals surface area (Å²) in [5.41, 5.74) is -2.04. The molecule has 0 saturated carbocycles. The van der Waals surface area contributed by atoms with Crippen LogP contribution in [0.25, 0.3) is 0 Å². The summed E-state index contributed by atoms with van der Waals surface area (Å²) >= 11 is 0. The number of sulfonamides is 2. The molecule has 1 aliphatic rings. The number of unbranched alkanes of at least 4 members (excludes halogenated alkanes) is 1. The van der Waals surface area contributed by atoms with Gasteiger partial charge >= 0.3 is 6.18 Å². The molecule has 11 nitrogen and oxygen atoms in total. The maximum Gasteiger partial charge on any atom is 0.417 e. The number of halogens is 3. The number of fused-ring (bicyclic) bond motifs is 1. The normalized spacial score (nSPS) is 18.8. The fourth-order valence-corrected chi connectivity index (χ4v) is 4.74. The number of rotatable bonds is 7. The van der Waals surface area contributed by atoms with Crippen LogP contribution in [-0.2, 0) is 31.1 Å². The van der Waals surface area contributed by atoms with Crippen molar-refractivity contribution in [1.29, 1.82) is 0 Å². The predicted octanol–water partition coefficient (Wildman–Crippen LogP) is 0.761. The van der Waals surface area contributed by atoms with Crippen LogP contribution < -0.4 is 15.2 Å². The molecule has 0 aromatic heterocycles. The Bertz CT molecular complexity index is 980. The first-order valence-electron chi connectivity index (χ1n) is 7.56. The van der Waals surface area contributed by atoms with Gasteiger partial charge in [0.25, 0.3) is 5.09 Å². The number of anilines is 1. The molecule has 0 bridgehead atoms. The Hall–Kier alpha value is -2.17. The van der Waals surface area contributed by atoms with Crippen molar-refractivity contribution >= 4 is 25.7 Å². The molecule has 1 aromatic carbocycles. The van der Waals surface area contributed by atoms with E-state index in [0.29, 0.717) is 12.1 Å². The third-order valence-electron chi connectivity index (χ3n) is 3.69. The van der Waals surface area contributed by atoms with Gasteiger partial charge in [0.15, 0.2) is 0 Å². The van der Waals surface area contributed by atoms with Crippen molar-refractivity contribution in [2.45, 2.75) is 41.4 Å². The molecular weight excluding hydrogens is 433 g/mol. The molecule has 0 amide bonds. The summed E-state index contributed by atoms with van der Waals surface area (Å²) in [7, 11) is -9.18. The van der Waals surface area contributed by atoms with Crippen molar-refractivity contribution in [2.75, 3.05) is 11.9 Å². The number of nitrogens with two attached hydrogens (primary N) is 1. The van der Waals surface area contributed by atoms with Crippen molar-refractivity contribution in [3.8, 4) is 0 Å². The van der Waals surface area contributed by atoms with Crippen LogP contribution >= 0.6 is 0 Å². The summed E-state index contributed by atoms with van der Waals surface area (Å²) in [6.07, 6.45) is -5.56. The van der Waals surface area contributed by atoms with Gasteiger partial charge in [0.05, 0.1) is 28.9 Å². The lowest BCUT2D eigenvalue weighted by molar-refractivity contribution is -0.757. The molecule has 0 radical (unpaired) electrons. The molecule has 0 fully saturated rings. The molecule has 0 aliphatic carbocycles. The van der Waals surface area contributed by atoms with E-state index in [-0.39, 0.29) is 25.9 Å². The van der Waals surface area contributed by atoms with Crippen LogP contribution in [0.15, 0.2) is 21.9 Å². The number of primary sulfonamides is 1. The fraction of sp³-hybridized carbons (Fsp3) is 0.500. The van der Waals surface area contributed by atoms with E-state index in [1.54, 1.807) is 0 Å². The van der Waals surface area contributed by atoms with Crippen LogP contribution in [0, 0.1) is 10.1 Å². The standard InChI is InChI=1S/C12H15F3N4O7S2/c13-12(14,15)7-5-8-10(6-9(7)27(16,22)23)28(24,25)18-11(17-8)3-1-2-4-26-19(20)21/h5-6,11,17-18H,1-4H2,(H2,16,22,23). The minimum Gasteiger partial charge on any atom is -0.368 e. The SMILES string of the molecule is NS(=O)(=O)c1cc2c(cc1C(F)(F)F)NC(CCCCO[N+](=O)[O-])NS2(=O)=O. The Morgan fingerprint density at radius 1 is 1.29 bits per heavy atom. The van der Waals surface area contributed by atoms with Gasteiger partial charge in [0.2, 0.25) is 20.0 Å². The summed E-state index contributed by atoms with van der Waals surface area (Å²) in [6.45, 7) is -0.223. The van der Waals surface area contributed by atoms with E-state index < -0.39 is 58.5 Å². The highest BCUT2D eigenvalue weighted by molar-refractivity contribution is 7.90. The Balaban J connectivity index is 2.32. The lowest BCUT2D eigenvalue weighted by atomic mass is 10.1. The number of hydrogen-bond donors (Lipinski definition) is 3. The molecule has 1 heterocycles. The summed E-state index contributed by atoms with van der Waals surface area (Å²) in [5, 5.41) is 16.4. The third-order valence-corrected chi connectivity index (χ3v) is 6.16. The Labute approximate surface area is 157 Å². The van der Waals surface area contributed by atoms with Crippen LogP contribution in [0.5, 0.6) is 0 Å². The Morgan fingerprint density at radius 3 is 2.46 bits per heavy atom. The summed E-state index contributed by atoms with van der Waals surface area (Å²) in [5.74, 6) is 0. The van der Waals surface area contributed by atoms with Crippen LogP contribution in [-0.4, -0.2) is 34.7 Å².